The van der Waals surface area contributed by atoms with Gasteiger partial charge in [0.25, 0.3) is 0 Å². The smallest absolute Gasteiger partial charge is 0.161 e. The Balaban J connectivity index is 1.38. The van der Waals surface area contributed by atoms with Crippen LogP contribution >= 0.6 is 0 Å². The van der Waals surface area contributed by atoms with Gasteiger partial charge in [0.2, 0.25) is 0 Å². The standard InChI is InChI=1S/C31H23N3O5/c1-20-9-25(17-35)30(38-18-22-10-21(13-32)15-34-16-22)12-29(20)39-19-24-3-2-4-26(27(24)14-33)23-5-6-28-31(11-23)37-8-7-36-28/h2-6,9-12,15-17H,7-8,18-19H2,1H3. The van der Waals surface area contributed by atoms with E-state index >= 15 is 0 Å². The Bertz CT molecular complexity index is 1630. The van der Waals surface area contributed by atoms with Gasteiger partial charge in [0.15, 0.2) is 17.8 Å². The highest BCUT2D eigenvalue weighted by Crippen LogP contribution is 2.36. The molecule has 1 aliphatic rings. The van der Waals surface area contributed by atoms with Gasteiger partial charge in [0.1, 0.15) is 50.1 Å². The Hall–Kier alpha value is -5.34. The third kappa shape index (κ3) is 5.51. The van der Waals surface area contributed by atoms with Crippen LogP contribution in [-0.4, -0.2) is 24.5 Å². The largest absolute Gasteiger partial charge is 0.488 e. The first-order chi connectivity index (χ1) is 19.1. The number of fused-ring (bicyclic) bond motifs is 1. The number of carbonyl (C=O) groups excluding carboxylic acids is 1. The van der Waals surface area contributed by atoms with Gasteiger partial charge in [-0.2, -0.15) is 10.5 Å². The van der Waals surface area contributed by atoms with Crippen molar-refractivity contribution in [3.8, 4) is 46.3 Å². The molecule has 1 aromatic heterocycles. The average Bonchev–Trinajstić information content (AvgIpc) is 2.99. The van der Waals surface area contributed by atoms with E-state index < -0.39 is 0 Å². The molecule has 4 aromatic rings. The third-order valence-corrected chi connectivity index (χ3v) is 6.25. The van der Waals surface area contributed by atoms with Gasteiger partial charge in [-0.3, -0.25) is 9.78 Å². The minimum absolute atomic E-state index is 0.127. The van der Waals surface area contributed by atoms with E-state index in [1.54, 1.807) is 24.4 Å². The first-order valence-electron chi connectivity index (χ1n) is 12.2. The van der Waals surface area contributed by atoms with E-state index in [4.69, 9.17) is 24.2 Å². The summed E-state index contributed by atoms with van der Waals surface area (Å²) in [5, 5.41) is 19.1. The number of nitriles is 2. The van der Waals surface area contributed by atoms with E-state index in [2.05, 4.69) is 11.1 Å². The van der Waals surface area contributed by atoms with Crippen LogP contribution in [0.25, 0.3) is 11.1 Å². The number of benzene rings is 3. The summed E-state index contributed by atoms with van der Waals surface area (Å²) in [4.78, 5) is 15.7. The van der Waals surface area contributed by atoms with Gasteiger partial charge in [0, 0.05) is 29.6 Å². The molecule has 0 radical (unpaired) electrons. The maximum atomic E-state index is 11.7. The van der Waals surface area contributed by atoms with E-state index in [1.165, 1.54) is 6.20 Å². The second-order valence-corrected chi connectivity index (χ2v) is 8.85. The van der Waals surface area contributed by atoms with Crippen molar-refractivity contribution >= 4 is 6.29 Å². The van der Waals surface area contributed by atoms with E-state index in [0.717, 1.165) is 23.0 Å². The predicted octanol–water partition coefficient (Wildman–Crippen LogP) is 5.54. The number of pyridine rings is 1. The number of aryl methyl sites for hydroxylation is 1. The van der Waals surface area contributed by atoms with Crippen LogP contribution in [0.5, 0.6) is 23.0 Å². The molecule has 0 N–H and O–H groups in total. The highest BCUT2D eigenvalue weighted by Gasteiger charge is 2.17. The number of nitrogens with zero attached hydrogens (tertiary/aromatic N) is 3. The SMILES string of the molecule is Cc1cc(C=O)c(OCc2cncc(C#N)c2)cc1OCc1cccc(-c2ccc3c(c2)OCCO3)c1C#N. The predicted molar refractivity (Wildman–Crippen MR) is 142 cm³/mol. The molecule has 0 amide bonds. The van der Waals surface area contributed by atoms with Crippen molar-refractivity contribution in [2.24, 2.45) is 0 Å². The monoisotopic (exact) mass is 517 g/mol. The van der Waals surface area contributed by atoms with Gasteiger partial charge in [-0.15, -0.1) is 0 Å². The highest BCUT2D eigenvalue weighted by atomic mass is 16.6. The zero-order chi connectivity index (χ0) is 27.2. The second kappa shape index (κ2) is 11.4. The van der Waals surface area contributed by atoms with Crippen molar-refractivity contribution in [2.75, 3.05) is 13.2 Å². The van der Waals surface area contributed by atoms with Crippen LogP contribution in [0.2, 0.25) is 0 Å². The molecule has 2 heterocycles. The lowest BCUT2D eigenvalue weighted by Gasteiger charge is -2.19. The molecule has 3 aromatic carbocycles. The highest BCUT2D eigenvalue weighted by molar-refractivity contribution is 5.80. The molecular weight excluding hydrogens is 494 g/mol. The van der Waals surface area contributed by atoms with Crippen molar-refractivity contribution in [3.63, 3.8) is 0 Å². The normalized spacial score (nSPS) is 11.7. The number of aromatic nitrogens is 1. The third-order valence-electron chi connectivity index (χ3n) is 6.25. The molecule has 0 saturated carbocycles. The van der Waals surface area contributed by atoms with E-state index in [0.29, 0.717) is 64.0 Å². The molecule has 5 rings (SSSR count). The summed E-state index contributed by atoms with van der Waals surface area (Å²) in [6.45, 7) is 3.09. The summed E-state index contributed by atoms with van der Waals surface area (Å²) in [6.07, 6.45) is 3.79. The van der Waals surface area contributed by atoms with Crippen LogP contribution in [0.1, 0.15) is 38.2 Å². The first-order valence-corrected chi connectivity index (χ1v) is 12.2. The molecular formula is C31H23N3O5. The molecule has 0 saturated heterocycles. The Labute approximate surface area is 225 Å². The molecule has 8 nitrogen and oxygen atoms in total. The fourth-order valence-corrected chi connectivity index (χ4v) is 4.31. The summed E-state index contributed by atoms with van der Waals surface area (Å²) in [6, 6.07) is 20.6. The number of aldehydes is 1. The number of carbonyl (C=O) groups is 1. The van der Waals surface area contributed by atoms with Gasteiger partial charge < -0.3 is 18.9 Å². The van der Waals surface area contributed by atoms with E-state index in [1.807, 2.05) is 49.4 Å². The van der Waals surface area contributed by atoms with Crippen LogP contribution in [0.4, 0.5) is 0 Å². The maximum absolute atomic E-state index is 11.7. The average molecular weight is 518 g/mol. The van der Waals surface area contributed by atoms with Crippen molar-refractivity contribution < 1.29 is 23.7 Å². The van der Waals surface area contributed by atoms with Gasteiger partial charge in [-0.1, -0.05) is 24.3 Å². The number of rotatable bonds is 8. The Morgan fingerprint density at radius 1 is 0.923 bits per heavy atom. The molecule has 8 heteroatoms. The van der Waals surface area contributed by atoms with Crippen LogP contribution in [-0.2, 0) is 13.2 Å². The zero-order valence-electron chi connectivity index (χ0n) is 21.1. The Morgan fingerprint density at radius 3 is 2.54 bits per heavy atom. The maximum Gasteiger partial charge on any atom is 0.161 e. The topological polar surface area (TPSA) is 114 Å². The quantitative estimate of drug-likeness (QED) is 0.280. The lowest BCUT2D eigenvalue weighted by molar-refractivity contribution is 0.111. The lowest BCUT2D eigenvalue weighted by atomic mass is 9.96. The van der Waals surface area contributed by atoms with Crippen LogP contribution in [0.15, 0.2) is 67.0 Å². The molecule has 0 unspecified atom stereocenters. The minimum Gasteiger partial charge on any atom is -0.488 e. The molecule has 0 atom stereocenters. The summed E-state index contributed by atoms with van der Waals surface area (Å²) in [5.74, 6) is 2.20. The molecule has 192 valence electrons. The van der Waals surface area contributed by atoms with E-state index in [-0.39, 0.29) is 13.2 Å². The van der Waals surface area contributed by atoms with Gasteiger partial charge >= 0.3 is 0 Å². The van der Waals surface area contributed by atoms with Crippen molar-refractivity contribution in [2.45, 2.75) is 20.1 Å². The summed E-state index contributed by atoms with van der Waals surface area (Å²) < 4.78 is 23.3. The minimum atomic E-state index is 0.127. The molecule has 0 fully saturated rings. The number of ether oxygens (including phenoxy) is 4. The summed E-state index contributed by atoms with van der Waals surface area (Å²) >= 11 is 0. The van der Waals surface area contributed by atoms with E-state index in [9.17, 15) is 10.1 Å². The van der Waals surface area contributed by atoms with Gasteiger partial charge in [0.05, 0.1) is 16.7 Å². The Kier molecular flexibility index (Phi) is 7.38. The summed E-state index contributed by atoms with van der Waals surface area (Å²) in [5.41, 5.74) is 5.07. The number of hydrogen-bond donors (Lipinski definition) is 0. The fraction of sp³-hybridized carbons (Fsp3) is 0.161. The summed E-state index contributed by atoms with van der Waals surface area (Å²) in [7, 11) is 0. The van der Waals surface area contributed by atoms with Crippen molar-refractivity contribution in [1.82, 2.24) is 4.98 Å². The second-order valence-electron chi connectivity index (χ2n) is 8.85. The van der Waals surface area contributed by atoms with Crippen molar-refractivity contribution in [3.05, 3.63) is 100 Å². The van der Waals surface area contributed by atoms with Crippen LogP contribution in [0.3, 0.4) is 0 Å². The molecule has 39 heavy (non-hydrogen) atoms. The first kappa shape index (κ1) is 25.3. The van der Waals surface area contributed by atoms with Gasteiger partial charge in [-0.25, -0.2) is 0 Å². The fourth-order valence-electron chi connectivity index (χ4n) is 4.31. The van der Waals surface area contributed by atoms with Crippen LogP contribution in [0, 0.1) is 29.6 Å². The molecule has 0 aliphatic carbocycles. The van der Waals surface area contributed by atoms with Crippen LogP contribution < -0.4 is 18.9 Å². The Morgan fingerprint density at radius 2 is 1.74 bits per heavy atom. The molecule has 1 aliphatic heterocycles. The lowest BCUT2D eigenvalue weighted by Crippen LogP contribution is -2.15. The molecule has 0 spiro atoms. The van der Waals surface area contributed by atoms with Crippen molar-refractivity contribution in [1.29, 1.82) is 10.5 Å². The zero-order valence-corrected chi connectivity index (χ0v) is 21.1. The molecule has 0 bridgehead atoms. The van der Waals surface area contributed by atoms with Gasteiger partial charge in [-0.05, 0) is 47.9 Å². The number of hydrogen-bond acceptors (Lipinski definition) is 8.